The first-order chi connectivity index (χ1) is 53.8. The Hall–Kier alpha value is -12.6. The number of nitrogens with zero attached hydrogens (tertiary/aromatic N) is 5. The van der Waals surface area contributed by atoms with E-state index in [9.17, 15) is 5.26 Å². The second-order valence-corrected chi connectivity index (χ2v) is 30.2. The molecule has 0 aliphatic heterocycles. The van der Waals surface area contributed by atoms with Crippen molar-refractivity contribution in [2.24, 2.45) is 5.92 Å². The van der Waals surface area contributed by atoms with Crippen molar-refractivity contribution in [2.75, 3.05) is 0 Å². The molecule has 0 radical (unpaired) electrons. The van der Waals surface area contributed by atoms with Crippen LogP contribution in [-0.2, 0) is 12.8 Å². The molecule has 20 aromatic rings. The highest BCUT2D eigenvalue weighted by atomic mass is 16.3. The molecule has 7 nitrogen and oxygen atoms in total. The van der Waals surface area contributed by atoms with Crippen molar-refractivity contribution in [3.63, 3.8) is 0 Å². The third kappa shape index (κ3) is 12.0. The molecule has 109 heavy (non-hydrogen) atoms. The number of furan rings is 2. The number of fused-ring (bicyclic) bond motifs is 18. The molecule has 6 aromatic heterocycles. The smallest absolute Gasteiger partial charge is 0.135 e. The van der Waals surface area contributed by atoms with Gasteiger partial charge in [0.25, 0.3) is 0 Å². The number of aryl methyl sites for hydroxylation is 2. The van der Waals surface area contributed by atoms with Gasteiger partial charge in [0.15, 0.2) is 0 Å². The fourth-order valence-electron chi connectivity index (χ4n) is 17.8. The highest BCUT2D eigenvalue weighted by Gasteiger charge is 2.22. The van der Waals surface area contributed by atoms with Gasteiger partial charge in [-0.25, -0.2) is 0 Å². The number of hydrogen-bond donors (Lipinski definition) is 0. The second-order valence-electron chi connectivity index (χ2n) is 30.2. The molecular formula is C102H85N5O2. The Morgan fingerprint density at radius 3 is 1.16 bits per heavy atom. The summed E-state index contributed by atoms with van der Waals surface area (Å²) in [6.45, 7) is 9.09. The van der Waals surface area contributed by atoms with Gasteiger partial charge >= 0.3 is 0 Å². The summed E-state index contributed by atoms with van der Waals surface area (Å²) < 4.78 is 22.6. The van der Waals surface area contributed by atoms with Gasteiger partial charge in [0.2, 0.25) is 0 Å². The molecule has 0 saturated carbocycles. The number of aromatic nitrogens is 4. The summed E-state index contributed by atoms with van der Waals surface area (Å²) >= 11 is 0. The van der Waals surface area contributed by atoms with Crippen LogP contribution in [0.15, 0.2) is 300 Å². The minimum Gasteiger partial charge on any atom is -0.456 e. The Bertz CT molecular complexity index is 6860. The Morgan fingerprint density at radius 1 is 0.303 bits per heavy atom. The number of para-hydroxylation sites is 6. The Balaban J connectivity index is 0.000000148. The molecule has 20 rings (SSSR count). The van der Waals surface area contributed by atoms with Crippen LogP contribution in [0.2, 0.25) is 0 Å². The van der Waals surface area contributed by atoms with E-state index in [1.807, 2.05) is 12.1 Å². The quantitative estimate of drug-likeness (QED) is 0.0758. The van der Waals surface area contributed by atoms with Crippen LogP contribution in [-0.4, -0.2) is 18.3 Å². The van der Waals surface area contributed by atoms with Crippen molar-refractivity contribution < 1.29 is 8.83 Å². The molecule has 0 spiro atoms. The molecular weight excluding hydrogens is 1330 g/mol. The summed E-state index contributed by atoms with van der Waals surface area (Å²) in [4.78, 5) is 0. The first kappa shape index (κ1) is 67.0. The first-order valence-electron chi connectivity index (χ1n) is 39.4. The zero-order valence-electron chi connectivity index (χ0n) is 62.3. The molecule has 0 saturated heterocycles. The van der Waals surface area contributed by atoms with Gasteiger partial charge in [0, 0.05) is 87.4 Å². The maximum absolute atomic E-state index is 9.67. The summed E-state index contributed by atoms with van der Waals surface area (Å²) in [6.07, 6.45) is 14.8. The van der Waals surface area contributed by atoms with Gasteiger partial charge in [-0.1, -0.05) is 224 Å². The summed E-state index contributed by atoms with van der Waals surface area (Å²) in [5, 5.41) is 24.0. The molecule has 1 atom stereocenters. The SMILES string of the molecule is CCCCC(CC)Cc1cc(-c2ccc3oc4ccc(-n5c6ccccc6c6cc(C#N)ccc65)cc4c3c2)cc(-n2c3ccccc3c3ccccc32)c1.CCCCCCCCc1cc(-c2ccc3oc4ccc(-n5c6ccccc6c6cc(C)ccc65)cc4c3c2)cc(-n2c3ccccc3c3ccccc32)c1. The molecule has 0 aliphatic carbocycles. The monoisotopic (exact) mass is 1410 g/mol. The maximum Gasteiger partial charge on any atom is 0.135 e. The Labute approximate surface area is 634 Å². The van der Waals surface area contributed by atoms with Crippen LogP contribution < -0.4 is 0 Å². The van der Waals surface area contributed by atoms with Crippen molar-refractivity contribution in [1.29, 1.82) is 5.26 Å². The van der Waals surface area contributed by atoms with Crippen LogP contribution in [0.25, 0.3) is 176 Å². The molecule has 1 unspecified atom stereocenters. The molecule has 0 bridgehead atoms. The number of rotatable bonds is 19. The second kappa shape index (κ2) is 28.3. The van der Waals surface area contributed by atoms with Gasteiger partial charge in [-0.15, -0.1) is 0 Å². The van der Waals surface area contributed by atoms with Gasteiger partial charge in [-0.3, -0.25) is 0 Å². The average molecular weight is 1410 g/mol. The molecule has 6 heterocycles. The van der Waals surface area contributed by atoms with Crippen molar-refractivity contribution >= 4 is 131 Å². The molecule has 0 fully saturated rings. The predicted molar refractivity (Wildman–Crippen MR) is 459 cm³/mol. The molecule has 7 heteroatoms. The maximum atomic E-state index is 9.67. The number of nitriles is 1. The van der Waals surface area contributed by atoms with E-state index in [0.717, 1.165) is 89.9 Å². The third-order valence-corrected chi connectivity index (χ3v) is 23.2. The fourth-order valence-corrected chi connectivity index (χ4v) is 17.8. The molecule has 0 N–H and O–H groups in total. The standard InChI is InChI=1S/C51H41N3O.C51H44N2O/c1-3-5-12-33(4-2)25-35-26-37(29-39(27-35)54-46-16-9-6-13-40(46)41-14-7-10-17-47(41)54)36-20-23-50-44(30-36)45-31-38(21-24-51(45)55-50)53-48-18-11-8-15-42(48)43-28-34(32-52)19-22-49(43)53;1-3-4-5-6-7-8-15-35-29-37(31-39(30-35)53-46-19-12-9-16-40(46)41-17-10-13-20-47(41)53)36-23-26-50-44(32-36)45-33-38(24-27-51(45)54-50)52-48-21-14-11-18-42(48)43-28-34(2)22-25-49(43)52/h6-11,13-24,26-31,33H,3-5,12,25H2,1-2H3;9-14,16-33H,3-8,15H2,1-2H3. The zero-order valence-corrected chi connectivity index (χ0v) is 62.3. The molecule has 0 aliphatic rings. The summed E-state index contributed by atoms with van der Waals surface area (Å²) in [5.41, 5.74) is 27.2. The summed E-state index contributed by atoms with van der Waals surface area (Å²) in [6, 6.07) is 108. The van der Waals surface area contributed by atoms with Gasteiger partial charge in [0.05, 0.1) is 55.8 Å². The van der Waals surface area contributed by atoms with Crippen molar-refractivity contribution in [3.05, 3.63) is 313 Å². The van der Waals surface area contributed by atoms with Crippen molar-refractivity contribution in [2.45, 2.75) is 105 Å². The largest absolute Gasteiger partial charge is 0.456 e. The zero-order chi connectivity index (χ0) is 73.2. The van der Waals surface area contributed by atoms with E-state index >= 15 is 0 Å². The van der Waals surface area contributed by atoms with Gasteiger partial charge < -0.3 is 27.1 Å². The summed E-state index contributed by atoms with van der Waals surface area (Å²) in [5.74, 6) is 0.646. The van der Waals surface area contributed by atoms with E-state index in [-0.39, 0.29) is 0 Å². The Kier molecular flexibility index (Phi) is 17.4. The van der Waals surface area contributed by atoms with Gasteiger partial charge in [-0.2, -0.15) is 5.26 Å². The van der Waals surface area contributed by atoms with E-state index in [2.05, 4.69) is 331 Å². The molecule has 14 aromatic carbocycles. The van der Waals surface area contributed by atoms with E-state index in [1.165, 1.54) is 180 Å². The van der Waals surface area contributed by atoms with Crippen LogP contribution in [0.1, 0.15) is 107 Å². The average Bonchev–Trinajstić information content (AvgIpc) is 1.61. The van der Waals surface area contributed by atoms with Gasteiger partial charge in [-0.05, 0) is 217 Å². The van der Waals surface area contributed by atoms with Crippen LogP contribution in [0.4, 0.5) is 0 Å². The van der Waals surface area contributed by atoms with Crippen LogP contribution in [0, 0.1) is 24.2 Å². The number of unbranched alkanes of at least 4 members (excludes halogenated alkanes) is 6. The normalized spacial score (nSPS) is 12.2. The van der Waals surface area contributed by atoms with E-state index in [1.54, 1.807) is 0 Å². The van der Waals surface area contributed by atoms with Crippen LogP contribution in [0.5, 0.6) is 0 Å². The minimum absolute atomic E-state index is 0.646. The van der Waals surface area contributed by atoms with E-state index in [0.29, 0.717) is 11.5 Å². The van der Waals surface area contributed by atoms with Crippen molar-refractivity contribution in [1.82, 2.24) is 18.3 Å². The highest BCUT2D eigenvalue weighted by molar-refractivity contribution is 6.15. The lowest BCUT2D eigenvalue weighted by Gasteiger charge is -2.18. The van der Waals surface area contributed by atoms with Crippen molar-refractivity contribution in [3.8, 4) is 51.1 Å². The van der Waals surface area contributed by atoms with E-state index in [4.69, 9.17) is 8.83 Å². The van der Waals surface area contributed by atoms with Crippen LogP contribution in [0.3, 0.4) is 0 Å². The minimum atomic E-state index is 0.646. The lowest BCUT2D eigenvalue weighted by atomic mass is 9.90. The predicted octanol–water partition coefficient (Wildman–Crippen LogP) is 28.7. The fraction of sp³-hybridized carbons (Fsp3) is 0.167. The topological polar surface area (TPSA) is 69.8 Å². The number of benzene rings is 14. The lowest BCUT2D eigenvalue weighted by molar-refractivity contribution is 0.449. The van der Waals surface area contributed by atoms with Crippen LogP contribution >= 0.6 is 0 Å². The summed E-state index contributed by atoms with van der Waals surface area (Å²) in [7, 11) is 0. The van der Waals surface area contributed by atoms with Gasteiger partial charge in [0.1, 0.15) is 22.3 Å². The molecule has 0 amide bonds. The first-order valence-corrected chi connectivity index (χ1v) is 39.4. The molecule has 530 valence electrons. The highest BCUT2D eigenvalue weighted by Crippen LogP contribution is 2.43. The van der Waals surface area contributed by atoms with E-state index < -0.39 is 0 Å². The Morgan fingerprint density at radius 2 is 0.688 bits per heavy atom. The third-order valence-electron chi connectivity index (χ3n) is 23.2. The number of hydrogen-bond acceptors (Lipinski definition) is 3. The lowest BCUT2D eigenvalue weighted by Crippen LogP contribution is -2.05.